The number of alkyl halides is 3. The number of amides is 1. The Morgan fingerprint density at radius 1 is 1.24 bits per heavy atom. The Labute approximate surface area is 192 Å². The predicted molar refractivity (Wildman–Crippen MR) is 125 cm³/mol. The second kappa shape index (κ2) is 13.9. The summed E-state index contributed by atoms with van der Waals surface area (Å²) in [4.78, 5) is 17.5. The summed E-state index contributed by atoms with van der Waals surface area (Å²) in [5.41, 5.74) is 0.0150. The molecule has 0 bridgehead atoms. The van der Waals surface area contributed by atoms with Gasteiger partial charge in [0.25, 0.3) is 0 Å². The maximum Gasteiger partial charge on any atom is 0.416 e. The lowest BCUT2D eigenvalue weighted by atomic mass is 9.96. The number of guanidine groups is 1. The Balaban J connectivity index is 0.00000784. The monoisotopic (exact) mass is 546 g/mol. The fraction of sp³-hybridized carbons (Fsp3) is 0.579. The van der Waals surface area contributed by atoms with Gasteiger partial charge < -0.3 is 15.5 Å². The zero-order chi connectivity index (χ0) is 21.2. The van der Waals surface area contributed by atoms with E-state index in [-0.39, 0.29) is 42.3 Å². The molecule has 5 nitrogen and oxygen atoms in total. The highest BCUT2D eigenvalue weighted by atomic mass is 127. The minimum atomic E-state index is -4.34. The van der Waals surface area contributed by atoms with Crippen LogP contribution in [0.5, 0.6) is 0 Å². The number of nitrogens with one attached hydrogen (secondary N) is 2. The number of halogens is 4. The van der Waals surface area contributed by atoms with E-state index in [1.54, 1.807) is 31.9 Å². The third-order valence-electron chi connectivity index (χ3n) is 4.12. The number of aliphatic imine (C=N–C) groups is 1. The number of hydrogen-bond donors (Lipinski definition) is 2. The molecule has 1 unspecified atom stereocenters. The molecule has 0 heterocycles. The molecule has 1 aromatic carbocycles. The van der Waals surface area contributed by atoms with Crippen LogP contribution in [0, 0.1) is 0 Å². The van der Waals surface area contributed by atoms with Crippen molar-refractivity contribution in [1.29, 1.82) is 0 Å². The Kier molecular flexibility index (Phi) is 13.4. The van der Waals surface area contributed by atoms with E-state index in [1.165, 1.54) is 17.0 Å². The van der Waals surface area contributed by atoms with Crippen molar-refractivity contribution in [2.24, 2.45) is 4.99 Å². The van der Waals surface area contributed by atoms with Crippen molar-refractivity contribution in [1.82, 2.24) is 15.5 Å². The van der Waals surface area contributed by atoms with Gasteiger partial charge >= 0.3 is 6.18 Å². The number of likely N-dealkylation sites (N-methyl/N-ethyl adjacent to an activating group) is 1. The largest absolute Gasteiger partial charge is 0.416 e. The van der Waals surface area contributed by atoms with Gasteiger partial charge in [0.2, 0.25) is 5.91 Å². The number of hydrogen-bond acceptors (Lipinski definition) is 3. The summed E-state index contributed by atoms with van der Waals surface area (Å²) in [5, 5.41) is 6.31. The van der Waals surface area contributed by atoms with Gasteiger partial charge in [0.05, 0.1) is 5.56 Å². The summed E-state index contributed by atoms with van der Waals surface area (Å²) in [7, 11) is 3.34. The molecule has 0 aliphatic carbocycles. The minimum absolute atomic E-state index is 0. The summed E-state index contributed by atoms with van der Waals surface area (Å²) in [6, 6.07) is 5.43. The van der Waals surface area contributed by atoms with Crippen molar-refractivity contribution in [2.75, 3.05) is 45.7 Å². The summed E-state index contributed by atoms with van der Waals surface area (Å²) < 4.78 is 38.6. The van der Waals surface area contributed by atoms with E-state index in [2.05, 4.69) is 15.6 Å². The minimum Gasteiger partial charge on any atom is -0.356 e. The molecular weight excluding hydrogens is 516 g/mol. The number of nitrogens with zero attached hydrogens (tertiary/aromatic N) is 2. The zero-order valence-electron chi connectivity index (χ0n) is 17.2. The van der Waals surface area contributed by atoms with E-state index in [0.29, 0.717) is 31.0 Å². The second-order valence-corrected chi connectivity index (χ2v) is 7.60. The number of thioether (sulfide) groups is 1. The van der Waals surface area contributed by atoms with Gasteiger partial charge in [0.15, 0.2) is 5.96 Å². The Hall–Kier alpha value is -1.17. The molecule has 1 amide bonds. The van der Waals surface area contributed by atoms with Crippen LogP contribution in [0.1, 0.15) is 30.4 Å². The molecule has 0 aliphatic heterocycles. The number of benzene rings is 1. The molecule has 0 radical (unpaired) electrons. The summed E-state index contributed by atoms with van der Waals surface area (Å²) in [6.07, 6.45) is -1.71. The molecule has 0 spiro atoms. The van der Waals surface area contributed by atoms with Crippen molar-refractivity contribution in [2.45, 2.75) is 25.4 Å². The SMILES string of the molecule is CSCCNC(=NCC(=O)N(C)C)NCCC(C)c1cccc(C(F)(F)F)c1.I. The van der Waals surface area contributed by atoms with E-state index >= 15 is 0 Å². The average molecular weight is 546 g/mol. The van der Waals surface area contributed by atoms with Crippen LogP contribution < -0.4 is 10.6 Å². The van der Waals surface area contributed by atoms with Crippen molar-refractivity contribution >= 4 is 47.6 Å². The molecule has 0 saturated heterocycles. The fourth-order valence-electron chi connectivity index (χ4n) is 2.33. The van der Waals surface area contributed by atoms with Crippen LogP contribution in [0.3, 0.4) is 0 Å². The molecular formula is C19H30F3IN4OS. The normalized spacial score (nSPS) is 12.7. The molecule has 1 atom stereocenters. The standard InChI is InChI=1S/C19H29F3N4OS.HI/c1-14(15-6-5-7-16(12-15)19(20,21)22)8-9-23-18(24-10-11-28-4)25-13-17(27)26(2)3;/h5-7,12,14H,8-11,13H2,1-4H3,(H2,23,24,25);1H. The van der Waals surface area contributed by atoms with Crippen LogP contribution in [0.2, 0.25) is 0 Å². The van der Waals surface area contributed by atoms with Gasteiger partial charge in [-0.05, 0) is 30.2 Å². The maximum atomic E-state index is 12.9. The Bertz CT molecular complexity index is 657. The van der Waals surface area contributed by atoms with Crippen LogP contribution in [-0.4, -0.2) is 62.5 Å². The van der Waals surface area contributed by atoms with Gasteiger partial charge in [0.1, 0.15) is 6.54 Å². The highest BCUT2D eigenvalue weighted by molar-refractivity contribution is 14.0. The fourth-order valence-corrected chi connectivity index (χ4v) is 2.64. The lowest BCUT2D eigenvalue weighted by molar-refractivity contribution is -0.137. The molecule has 0 fully saturated rings. The molecule has 29 heavy (non-hydrogen) atoms. The van der Waals surface area contributed by atoms with E-state index in [1.807, 2.05) is 13.2 Å². The summed E-state index contributed by atoms with van der Waals surface area (Å²) >= 11 is 1.69. The highest BCUT2D eigenvalue weighted by Crippen LogP contribution is 2.31. The van der Waals surface area contributed by atoms with Crippen LogP contribution in [-0.2, 0) is 11.0 Å². The lowest BCUT2D eigenvalue weighted by Gasteiger charge is -2.17. The molecule has 0 aliphatic rings. The van der Waals surface area contributed by atoms with Crippen LogP contribution in [0.15, 0.2) is 29.3 Å². The van der Waals surface area contributed by atoms with Crippen molar-refractivity contribution in [3.05, 3.63) is 35.4 Å². The first-order valence-corrected chi connectivity index (χ1v) is 10.4. The second-order valence-electron chi connectivity index (χ2n) is 6.61. The third-order valence-corrected chi connectivity index (χ3v) is 4.74. The van der Waals surface area contributed by atoms with Crippen LogP contribution in [0.25, 0.3) is 0 Å². The van der Waals surface area contributed by atoms with Gasteiger partial charge in [-0.3, -0.25) is 4.79 Å². The lowest BCUT2D eigenvalue weighted by Crippen LogP contribution is -2.40. The summed E-state index contributed by atoms with van der Waals surface area (Å²) in [6.45, 7) is 3.15. The number of carbonyl (C=O) groups is 1. The van der Waals surface area contributed by atoms with Gasteiger partial charge in [0, 0.05) is 32.9 Å². The molecule has 10 heteroatoms. The Morgan fingerprint density at radius 3 is 2.48 bits per heavy atom. The van der Waals surface area contributed by atoms with Crippen LogP contribution >= 0.6 is 35.7 Å². The predicted octanol–water partition coefficient (Wildman–Crippen LogP) is 3.80. The summed E-state index contributed by atoms with van der Waals surface area (Å²) in [5.74, 6) is 1.26. The first-order chi connectivity index (χ1) is 13.1. The van der Waals surface area contributed by atoms with Gasteiger partial charge in [-0.2, -0.15) is 24.9 Å². The first-order valence-electron chi connectivity index (χ1n) is 9.03. The van der Waals surface area contributed by atoms with Crippen molar-refractivity contribution in [3.8, 4) is 0 Å². The van der Waals surface area contributed by atoms with Crippen molar-refractivity contribution < 1.29 is 18.0 Å². The molecule has 1 aromatic rings. The highest BCUT2D eigenvalue weighted by Gasteiger charge is 2.30. The number of carbonyl (C=O) groups excluding carboxylic acids is 1. The first kappa shape index (κ1) is 27.8. The topological polar surface area (TPSA) is 56.7 Å². The molecule has 166 valence electrons. The number of rotatable bonds is 9. The smallest absolute Gasteiger partial charge is 0.356 e. The van der Waals surface area contributed by atoms with E-state index in [9.17, 15) is 18.0 Å². The molecule has 2 N–H and O–H groups in total. The molecule has 0 saturated carbocycles. The van der Waals surface area contributed by atoms with E-state index < -0.39 is 11.7 Å². The van der Waals surface area contributed by atoms with E-state index in [0.717, 1.165) is 11.8 Å². The molecule has 0 aromatic heterocycles. The van der Waals surface area contributed by atoms with Gasteiger partial charge in [-0.25, -0.2) is 4.99 Å². The van der Waals surface area contributed by atoms with Gasteiger partial charge in [-0.1, -0.05) is 25.1 Å². The maximum absolute atomic E-state index is 12.9. The quantitative estimate of drug-likeness (QED) is 0.214. The van der Waals surface area contributed by atoms with Crippen molar-refractivity contribution in [3.63, 3.8) is 0 Å². The van der Waals surface area contributed by atoms with E-state index in [4.69, 9.17) is 0 Å². The Morgan fingerprint density at radius 2 is 1.90 bits per heavy atom. The third kappa shape index (κ3) is 11.0. The average Bonchev–Trinajstić information content (AvgIpc) is 2.64. The zero-order valence-corrected chi connectivity index (χ0v) is 20.3. The van der Waals surface area contributed by atoms with Crippen LogP contribution in [0.4, 0.5) is 13.2 Å². The van der Waals surface area contributed by atoms with Gasteiger partial charge in [-0.15, -0.1) is 24.0 Å². The molecule has 1 rings (SSSR count).